The van der Waals surface area contributed by atoms with Crippen LogP contribution in [0.2, 0.25) is 0 Å². The van der Waals surface area contributed by atoms with Crippen molar-refractivity contribution in [2.75, 3.05) is 26.8 Å². The quantitative estimate of drug-likeness (QED) is 0.386. The van der Waals surface area contributed by atoms with E-state index in [0.29, 0.717) is 26.0 Å². The topological polar surface area (TPSA) is 93.5 Å². The number of methoxy groups -OCH3 is 1. The number of thiocarbonyl (C=S) groups is 1. The van der Waals surface area contributed by atoms with Gasteiger partial charge in [-0.05, 0) is 12.8 Å². The zero-order valence-corrected chi connectivity index (χ0v) is 14.0. The first-order chi connectivity index (χ1) is 9.94. The molecule has 0 saturated carbocycles. The number of amides is 2. The fraction of sp³-hybridized carbons (Fsp3) is 0.786. The van der Waals surface area contributed by atoms with Crippen LogP contribution in [0.3, 0.4) is 0 Å². The van der Waals surface area contributed by atoms with E-state index in [2.05, 4.69) is 10.6 Å². The van der Waals surface area contributed by atoms with Crippen molar-refractivity contribution >= 4 is 29.0 Å². The van der Waals surface area contributed by atoms with Gasteiger partial charge in [0, 0.05) is 13.7 Å². The second kappa shape index (κ2) is 10.5. The Balaban J connectivity index is 4.60. The highest BCUT2D eigenvalue weighted by atomic mass is 32.1. The highest BCUT2D eigenvalue weighted by Crippen LogP contribution is 2.30. The predicted octanol–water partition coefficient (Wildman–Crippen LogP) is 0.738. The summed E-state index contributed by atoms with van der Waals surface area (Å²) in [6.45, 7) is 4.72. The number of nitrogens with one attached hydrogen (secondary N) is 2. The zero-order valence-electron chi connectivity index (χ0n) is 13.2. The molecule has 0 aliphatic carbocycles. The predicted molar refractivity (Wildman–Crippen MR) is 86.9 cm³/mol. The van der Waals surface area contributed by atoms with E-state index in [1.54, 1.807) is 7.11 Å². The molecule has 6 nitrogen and oxygen atoms in total. The maximum atomic E-state index is 12.4. The van der Waals surface area contributed by atoms with Gasteiger partial charge in [-0.3, -0.25) is 9.59 Å². The number of rotatable bonds is 11. The Labute approximate surface area is 132 Å². The molecule has 0 aliphatic heterocycles. The van der Waals surface area contributed by atoms with E-state index in [9.17, 15) is 9.59 Å². The molecular formula is C14H27N3O3S. The molecule has 0 radical (unpaired) electrons. The van der Waals surface area contributed by atoms with Gasteiger partial charge in [0.1, 0.15) is 0 Å². The van der Waals surface area contributed by atoms with Crippen LogP contribution in [0.25, 0.3) is 0 Å². The third-order valence-electron chi connectivity index (χ3n) is 3.30. The highest BCUT2D eigenvalue weighted by Gasteiger charge is 2.39. The van der Waals surface area contributed by atoms with Crippen molar-refractivity contribution in [1.82, 2.24) is 10.6 Å². The summed E-state index contributed by atoms with van der Waals surface area (Å²) in [6, 6.07) is 0. The number of ether oxygens (including phenoxy) is 1. The van der Waals surface area contributed by atoms with Gasteiger partial charge in [0.2, 0.25) is 11.8 Å². The van der Waals surface area contributed by atoms with E-state index in [4.69, 9.17) is 22.7 Å². The Hall–Kier alpha value is -1.21. The van der Waals surface area contributed by atoms with Crippen molar-refractivity contribution in [2.45, 2.75) is 39.5 Å². The molecule has 0 unspecified atom stereocenters. The molecule has 21 heavy (non-hydrogen) atoms. The number of carbonyl (C=O) groups is 2. The number of nitrogens with two attached hydrogens (primary N) is 1. The van der Waals surface area contributed by atoms with Crippen molar-refractivity contribution in [2.24, 2.45) is 11.1 Å². The Morgan fingerprint density at radius 3 is 2.19 bits per heavy atom. The van der Waals surface area contributed by atoms with Crippen LogP contribution in [-0.4, -0.2) is 43.6 Å². The average molecular weight is 317 g/mol. The number of hydrogen-bond donors (Lipinski definition) is 3. The van der Waals surface area contributed by atoms with Gasteiger partial charge in [-0.25, -0.2) is 0 Å². The largest absolute Gasteiger partial charge is 0.392 e. The van der Waals surface area contributed by atoms with E-state index < -0.39 is 5.41 Å². The van der Waals surface area contributed by atoms with Gasteiger partial charge in [-0.1, -0.05) is 38.9 Å². The van der Waals surface area contributed by atoms with Crippen LogP contribution >= 0.6 is 12.2 Å². The van der Waals surface area contributed by atoms with Crippen LogP contribution < -0.4 is 16.4 Å². The third kappa shape index (κ3) is 6.39. The summed E-state index contributed by atoms with van der Waals surface area (Å²) in [7, 11) is 1.56. The molecule has 0 spiro atoms. The van der Waals surface area contributed by atoms with Crippen molar-refractivity contribution in [1.29, 1.82) is 0 Å². The van der Waals surface area contributed by atoms with Gasteiger partial charge in [0.05, 0.1) is 23.6 Å². The van der Waals surface area contributed by atoms with Crippen molar-refractivity contribution in [3.05, 3.63) is 0 Å². The van der Waals surface area contributed by atoms with E-state index in [-0.39, 0.29) is 23.3 Å². The summed E-state index contributed by atoms with van der Waals surface area (Å²) in [5.41, 5.74) is 4.95. The van der Waals surface area contributed by atoms with E-state index in [1.807, 2.05) is 13.8 Å². The minimum absolute atomic E-state index is 0.0830. The lowest BCUT2D eigenvalue weighted by Gasteiger charge is -2.30. The monoisotopic (exact) mass is 317 g/mol. The molecule has 2 amide bonds. The minimum Gasteiger partial charge on any atom is -0.392 e. The molecule has 0 aromatic rings. The fourth-order valence-corrected chi connectivity index (χ4v) is 2.55. The van der Waals surface area contributed by atoms with Gasteiger partial charge in [-0.2, -0.15) is 0 Å². The molecule has 122 valence electrons. The van der Waals surface area contributed by atoms with Gasteiger partial charge >= 0.3 is 0 Å². The summed E-state index contributed by atoms with van der Waals surface area (Å²) in [4.78, 5) is 24.2. The molecule has 0 saturated heterocycles. The Morgan fingerprint density at radius 2 is 1.76 bits per heavy atom. The molecule has 0 bridgehead atoms. The van der Waals surface area contributed by atoms with Crippen LogP contribution in [0.5, 0.6) is 0 Å². The highest BCUT2D eigenvalue weighted by molar-refractivity contribution is 7.80. The van der Waals surface area contributed by atoms with Crippen molar-refractivity contribution in [3.63, 3.8) is 0 Å². The molecule has 0 aromatic heterocycles. The molecular weight excluding hydrogens is 290 g/mol. The van der Waals surface area contributed by atoms with E-state index in [0.717, 1.165) is 12.8 Å². The number of carbonyl (C=O) groups excluding carboxylic acids is 2. The van der Waals surface area contributed by atoms with Crippen LogP contribution in [0.15, 0.2) is 0 Å². The standard InChI is InChI=1S/C14H27N3O3S/c1-4-6-14(7-5-2,12(15)21)13(19)17-10-11(18)16-8-9-20-3/h4-10H2,1-3H3,(H2,15,21)(H,16,18)(H,17,19). The molecule has 0 heterocycles. The smallest absolute Gasteiger partial charge is 0.239 e. The third-order valence-corrected chi connectivity index (χ3v) is 3.69. The second-order valence-corrected chi connectivity index (χ2v) is 5.41. The van der Waals surface area contributed by atoms with Gasteiger partial charge in [-0.15, -0.1) is 0 Å². The summed E-state index contributed by atoms with van der Waals surface area (Å²) >= 11 is 5.10. The Morgan fingerprint density at radius 1 is 1.19 bits per heavy atom. The lowest BCUT2D eigenvalue weighted by molar-refractivity contribution is -0.131. The van der Waals surface area contributed by atoms with Crippen LogP contribution in [0.4, 0.5) is 0 Å². The first-order valence-corrected chi connectivity index (χ1v) is 7.69. The summed E-state index contributed by atoms with van der Waals surface area (Å²) in [5.74, 6) is -0.522. The van der Waals surface area contributed by atoms with Crippen LogP contribution in [0, 0.1) is 5.41 Å². The molecule has 0 fully saturated rings. The number of hydrogen-bond acceptors (Lipinski definition) is 4. The molecule has 0 rings (SSSR count). The Kier molecular flexibility index (Phi) is 9.90. The molecule has 0 aromatic carbocycles. The first-order valence-electron chi connectivity index (χ1n) is 7.28. The van der Waals surface area contributed by atoms with Gasteiger partial charge in [0.25, 0.3) is 0 Å². The van der Waals surface area contributed by atoms with E-state index in [1.165, 1.54) is 0 Å². The summed E-state index contributed by atoms with van der Waals surface area (Å²) < 4.78 is 4.83. The van der Waals surface area contributed by atoms with E-state index >= 15 is 0 Å². The normalized spacial score (nSPS) is 11.0. The first kappa shape index (κ1) is 19.8. The minimum atomic E-state index is -0.856. The van der Waals surface area contributed by atoms with Gasteiger partial charge in [0.15, 0.2) is 0 Å². The average Bonchev–Trinajstić information content (AvgIpc) is 2.44. The summed E-state index contributed by atoms with van der Waals surface area (Å²) in [5, 5.41) is 5.28. The van der Waals surface area contributed by atoms with Crippen LogP contribution in [-0.2, 0) is 14.3 Å². The zero-order chi connectivity index (χ0) is 16.3. The second-order valence-electron chi connectivity index (χ2n) is 4.97. The molecule has 0 aliphatic rings. The maximum Gasteiger partial charge on any atom is 0.239 e. The van der Waals surface area contributed by atoms with Crippen molar-refractivity contribution in [3.8, 4) is 0 Å². The molecule has 0 atom stereocenters. The molecule has 4 N–H and O–H groups in total. The lowest BCUT2D eigenvalue weighted by Crippen LogP contribution is -2.51. The SMILES string of the molecule is CCCC(CCC)(C(=O)NCC(=O)NCCOC)C(N)=S. The maximum absolute atomic E-state index is 12.4. The molecule has 7 heteroatoms. The van der Waals surface area contributed by atoms with Crippen molar-refractivity contribution < 1.29 is 14.3 Å². The Bertz CT molecular complexity index is 355. The van der Waals surface area contributed by atoms with Gasteiger partial charge < -0.3 is 21.1 Å². The summed E-state index contributed by atoms with van der Waals surface area (Å²) in [6.07, 6.45) is 2.77. The van der Waals surface area contributed by atoms with Crippen LogP contribution in [0.1, 0.15) is 39.5 Å². The fourth-order valence-electron chi connectivity index (χ4n) is 2.25. The lowest BCUT2D eigenvalue weighted by atomic mass is 9.78.